The van der Waals surface area contributed by atoms with Crippen LogP contribution in [0.2, 0.25) is 0 Å². The van der Waals surface area contributed by atoms with E-state index in [4.69, 9.17) is 5.26 Å². The highest BCUT2D eigenvalue weighted by atomic mass is 16.2. The average Bonchev–Trinajstić information content (AvgIpc) is 2.48. The van der Waals surface area contributed by atoms with Crippen LogP contribution in [-0.4, -0.2) is 23.3 Å². The fourth-order valence-electron chi connectivity index (χ4n) is 2.89. The molecule has 1 heterocycles. The van der Waals surface area contributed by atoms with Gasteiger partial charge in [0.25, 0.3) is 0 Å². The molecular formula is C12H16N2O2. The van der Waals surface area contributed by atoms with Crippen molar-refractivity contribution >= 4 is 11.8 Å². The lowest BCUT2D eigenvalue weighted by molar-refractivity contribution is -0.141. The molecule has 86 valence electrons. The number of nitriles is 1. The summed E-state index contributed by atoms with van der Waals surface area (Å²) in [5, 5.41) is 8.61. The number of likely N-dealkylation sites (tertiary alicyclic amines) is 1. The Morgan fingerprint density at radius 1 is 1.19 bits per heavy atom. The van der Waals surface area contributed by atoms with Crippen LogP contribution in [0.25, 0.3) is 0 Å². The van der Waals surface area contributed by atoms with Crippen LogP contribution >= 0.6 is 0 Å². The second-order valence-electron chi connectivity index (χ2n) is 4.81. The molecule has 2 amide bonds. The summed E-state index contributed by atoms with van der Waals surface area (Å²) in [7, 11) is 0. The van der Waals surface area contributed by atoms with Crippen LogP contribution in [0.15, 0.2) is 0 Å². The van der Waals surface area contributed by atoms with E-state index in [0.717, 1.165) is 43.4 Å². The van der Waals surface area contributed by atoms with E-state index in [9.17, 15) is 9.59 Å². The van der Waals surface area contributed by atoms with Crippen LogP contribution < -0.4 is 0 Å². The Morgan fingerprint density at radius 2 is 1.81 bits per heavy atom. The van der Waals surface area contributed by atoms with Crippen molar-refractivity contribution < 1.29 is 9.59 Å². The highest BCUT2D eigenvalue weighted by molar-refractivity contribution is 6.06. The maximum atomic E-state index is 12.2. The highest BCUT2D eigenvalue weighted by Crippen LogP contribution is 2.44. The SMILES string of the molecule is N#CCN1C(=O)CC2(CCCCCC2)C1=O. The molecule has 16 heavy (non-hydrogen) atoms. The van der Waals surface area contributed by atoms with Crippen LogP contribution in [0.4, 0.5) is 0 Å². The van der Waals surface area contributed by atoms with Gasteiger partial charge in [-0.05, 0) is 12.8 Å². The molecule has 2 rings (SSSR count). The molecule has 0 aromatic carbocycles. The molecule has 2 fully saturated rings. The van der Waals surface area contributed by atoms with E-state index in [1.807, 2.05) is 6.07 Å². The topological polar surface area (TPSA) is 61.2 Å². The first-order valence-corrected chi connectivity index (χ1v) is 5.91. The number of imide groups is 1. The number of amides is 2. The van der Waals surface area contributed by atoms with Crippen LogP contribution in [0, 0.1) is 16.7 Å². The molecule has 0 N–H and O–H groups in total. The fraction of sp³-hybridized carbons (Fsp3) is 0.750. The Morgan fingerprint density at radius 3 is 2.38 bits per heavy atom. The standard InChI is InChI=1S/C12H16N2O2/c13-7-8-14-10(15)9-12(11(14)16)5-3-1-2-4-6-12/h1-6,8-9H2. The zero-order chi connectivity index (χ0) is 11.6. The van der Waals surface area contributed by atoms with E-state index < -0.39 is 5.41 Å². The molecule has 4 nitrogen and oxygen atoms in total. The number of rotatable bonds is 1. The lowest BCUT2D eigenvalue weighted by atomic mass is 9.79. The molecular weight excluding hydrogens is 204 g/mol. The predicted octanol–water partition coefficient (Wildman–Crippen LogP) is 1.61. The van der Waals surface area contributed by atoms with E-state index in [-0.39, 0.29) is 18.4 Å². The number of hydrogen-bond acceptors (Lipinski definition) is 3. The molecule has 1 saturated carbocycles. The van der Waals surface area contributed by atoms with Gasteiger partial charge in [-0.1, -0.05) is 25.7 Å². The first-order valence-electron chi connectivity index (χ1n) is 5.91. The molecule has 1 saturated heterocycles. The van der Waals surface area contributed by atoms with Gasteiger partial charge in [-0.15, -0.1) is 0 Å². The summed E-state index contributed by atoms with van der Waals surface area (Å²) in [6.07, 6.45) is 6.33. The Bertz CT molecular complexity index is 349. The van der Waals surface area contributed by atoms with Crippen molar-refractivity contribution in [2.75, 3.05) is 6.54 Å². The van der Waals surface area contributed by atoms with Gasteiger partial charge < -0.3 is 0 Å². The average molecular weight is 220 g/mol. The fourth-order valence-corrected chi connectivity index (χ4v) is 2.89. The third-order valence-electron chi connectivity index (χ3n) is 3.78. The van der Waals surface area contributed by atoms with Gasteiger partial charge in [0, 0.05) is 6.42 Å². The van der Waals surface area contributed by atoms with Crippen molar-refractivity contribution in [2.24, 2.45) is 5.41 Å². The number of hydrogen-bond donors (Lipinski definition) is 0. The summed E-state index contributed by atoms with van der Waals surface area (Å²) in [6.45, 7) is -0.0839. The normalized spacial score (nSPS) is 24.6. The lowest BCUT2D eigenvalue weighted by Crippen LogP contribution is -2.35. The minimum Gasteiger partial charge on any atom is -0.274 e. The second-order valence-corrected chi connectivity index (χ2v) is 4.81. The van der Waals surface area contributed by atoms with Gasteiger partial charge in [0.1, 0.15) is 6.54 Å². The Hall–Kier alpha value is -1.37. The van der Waals surface area contributed by atoms with E-state index in [1.54, 1.807) is 0 Å². The van der Waals surface area contributed by atoms with Crippen molar-refractivity contribution in [3.05, 3.63) is 0 Å². The van der Waals surface area contributed by atoms with Gasteiger partial charge in [0.2, 0.25) is 11.8 Å². The highest BCUT2D eigenvalue weighted by Gasteiger charge is 2.50. The van der Waals surface area contributed by atoms with Crippen molar-refractivity contribution in [3.8, 4) is 6.07 Å². The summed E-state index contributed by atoms with van der Waals surface area (Å²) in [5.74, 6) is -0.255. The molecule has 1 spiro atoms. The van der Waals surface area contributed by atoms with Gasteiger partial charge in [0.15, 0.2) is 0 Å². The molecule has 0 atom stereocenters. The molecule has 0 bridgehead atoms. The van der Waals surface area contributed by atoms with Crippen molar-refractivity contribution in [2.45, 2.75) is 44.9 Å². The Labute approximate surface area is 95.2 Å². The summed E-state index contributed by atoms with van der Waals surface area (Å²) in [5.41, 5.74) is -0.454. The molecule has 0 radical (unpaired) electrons. The van der Waals surface area contributed by atoms with Gasteiger partial charge >= 0.3 is 0 Å². The number of carbonyl (C=O) groups is 2. The molecule has 2 aliphatic rings. The Kier molecular flexibility index (Phi) is 2.95. The van der Waals surface area contributed by atoms with E-state index in [2.05, 4.69) is 0 Å². The van der Waals surface area contributed by atoms with Crippen LogP contribution in [0.3, 0.4) is 0 Å². The maximum Gasteiger partial charge on any atom is 0.236 e. The quantitative estimate of drug-likeness (QED) is 0.498. The third kappa shape index (κ3) is 1.71. The lowest BCUT2D eigenvalue weighted by Gasteiger charge is -2.24. The number of carbonyl (C=O) groups excluding carboxylic acids is 2. The zero-order valence-electron chi connectivity index (χ0n) is 9.37. The van der Waals surface area contributed by atoms with Gasteiger partial charge in [-0.2, -0.15) is 5.26 Å². The van der Waals surface area contributed by atoms with Gasteiger partial charge in [-0.3, -0.25) is 14.5 Å². The summed E-state index contributed by atoms with van der Waals surface area (Å²) >= 11 is 0. The summed E-state index contributed by atoms with van der Waals surface area (Å²) in [4.78, 5) is 25.0. The monoisotopic (exact) mass is 220 g/mol. The first-order chi connectivity index (χ1) is 7.69. The third-order valence-corrected chi connectivity index (χ3v) is 3.78. The van der Waals surface area contributed by atoms with Crippen molar-refractivity contribution in [1.82, 2.24) is 4.90 Å². The Balaban J connectivity index is 2.20. The van der Waals surface area contributed by atoms with Crippen LogP contribution in [0.1, 0.15) is 44.9 Å². The zero-order valence-corrected chi connectivity index (χ0v) is 9.37. The van der Waals surface area contributed by atoms with Crippen LogP contribution in [-0.2, 0) is 9.59 Å². The molecule has 0 aromatic heterocycles. The second kappa shape index (κ2) is 4.25. The molecule has 1 aliphatic heterocycles. The number of nitrogens with zero attached hydrogens (tertiary/aromatic N) is 2. The van der Waals surface area contributed by atoms with Crippen molar-refractivity contribution in [3.63, 3.8) is 0 Å². The van der Waals surface area contributed by atoms with Gasteiger partial charge in [-0.25, -0.2) is 0 Å². The molecule has 1 aliphatic carbocycles. The first kappa shape index (κ1) is 11.1. The van der Waals surface area contributed by atoms with E-state index in [0.29, 0.717) is 6.42 Å². The van der Waals surface area contributed by atoms with Gasteiger partial charge in [0.05, 0.1) is 11.5 Å². The molecule has 4 heteroatoms. The smallest absolute Gasteiger partial charge is 0.236 e. The van der Waals surface area contributed by atoms with E-state index in [1.165, 1.54) is 0 Å². The molecule has 0 aromatic rings. The summed E-state index contributed by atoms with van der Waals surface area (Å²) < 4.78 is 0. The van der Waals surface area contributed by atoms with Crippen LogP contribution in [0.5, 0.6) is 0 Å². The maximum absolute atomic E-state index is 12.2. The van der Waals surface area contributed by atoms with E-state index >= 15 is 0 Å². The van der Waals surface area contributed by atoms with Crippen molar-refractivity contribution in [1.29, 1.82) is 5.26 Å². The molecule has 0 unspecified atom stereocenters. The minimum atomic E-state index is -0.454. The predicted molar refractivity (Wildman–Crippen MR) is 57.1 cm³/mol. The largest absolute Gasteiger partial charge is 0.274 e. The summed E-state index contributed by atoms with van der Waals surface area (Å²) in [6, 6.07) is 1.89. The minimum absolute atomic E-state index is 0.0839.